The fraction of sp³-hybridized carbons (Fsp3) is 0.818. The van der Waals surface area contributed by atoms with Crippen molar-refractivity contribution in [1.29, 1.82) is 0 Å². The summed E-state index contributed by atoms with van der Waals surface area (Å²) in [6.07, 6.45) is 11.6. The minimum Gasteiger partial charge on any atom is -0.301 e. The molecule has 1 aliphatic rings. The van der Waals surface area contributed by atoms with Gasteiger partial charge in [0.1, 0.15) is 0 Å². The van der Waals surface area contributed by atoms with Crippen LogP contribution < -0.4 is 11.3 Å². The summed E-state index contributed by atoms with van der Waals surface area (Å²) >= 11 is 0. The molecule has 0 aromatic heterocycles. The number of hydrogen-bond acceptors (Lipinski definition) is 3. The number of nitrogens with one attached hydrogen (secondary N) is 1. The zero-order chi connectivity index (χ0) is 10.6. The van der Waals surface area contributed by atoms with Gasteiger partial charge in [0.25, 0.3) is 0 Å². The Morgan fingerprint density at radius 2 is 1.93 bits per heavy atom. The lowest BCUT2D eigenvalue weighted by molar-refractivity contribution is 0.0770. The Hall–Kier alpha value is -0.560. The van der Waals surface area contributed by atoms with E-state index < -0.39 is 0 Å². The van der Waals surface area contributed by atoms with Gasteiger partial charge in [0, 0.05) is 5.54 Å². The Balaban J connectivity index is 2.85. The minimum atomic E-state index is -0.0437. The molecular formula is C11H21N3. The van der Waals surface area contributed by atoms with E-state index in [-0.39, 0.29) is 11.6 Å². The fourth-order valence-electron chi connectivity index (χ4n) is 2.52. The maximum absolute atomic E-state index is 5.52. The van der Waals surface area contributed by atoms with Crippen molar-refractivity contribution in [2.24, 2.45) is 5.84 Å². The summed E-state index contributed by atoms with van der Waals surface area (Å²) in [6.45, 7) is 0. The molecule has 1 aliphatic carbocycles. The molecular weight excluding hydrogens is 174 g/mol. The summed E-state index contributed by atoms with van der Waals surface area (Å²) in [4.78, 5) is 2.23. The summed E-state index contributed by atoms with van der Waals surface area (Å²) in [7, 11) is 4.18. The molecule has 0 saturated heterocycles. The molecule has 0 heterocycles. The number of nitrogens with two attached hydrogens (primary N) is 1. The molecule has 0 radical (unpaired) electrons. The molecule has 14 heavy (non-hydrogen) atoms. The number of likely N-dealkylation sites (N-methyl/N-ethyl adjacent to an activating group) is 1. The number of terminal acetylenes is 1. The lowest BCUT2D eigenvalue weighted by Crippen LogP contribution is -2.60. The Morgan fingerprint density at radius 3 is 2.29 bits per heavy atom. The van der Waals surface area contributed by atoms with E-state index in [1.54, 1.807) is 0 Å². The Bertz CT molecular complexity index is 211. The van der Waals surface area contributed by atoms with Gasteiger partial charge in [0.2, 0.25) is 0 Å². The van der Waals surface area contributed by atoms with Crippen molar-refractivity contribution in [3.05, 3.63) is 0 Å². The van der Waals surface area contributed by atoms with Crippen molar-refractivity contribution in [2.45, 2.75) is 43.7 Å². The maximum atomic E-state index is 5.52. The van der Waals surface area contributed by atoms with E-state index in [9.17, 15) is 0 Å². The second-order valence-corrected chi connectivity index (χ2v) is 4.33. The van der Waals surface area contributed by atoms with E-state index >= 15 is 0 Å². The monoisotopic (exact) mass is 195 g/mol. The zero-order valence-corrected chi connectivity index (χ0v) is 9.21. The highest BCUT2D eigenvalue weighted by Gasteiger charge is 2.40. The first-order valence-electron chi connectivity index (χ1n) is 5.27. The van der Waals surface area contributed by atoms with E-state index in [1.165, 1.54) is 19.3 Å². The smallest absolute Gasteiger partial charge is 0.0997 e. The van der Waals surface area contributed by atoms with E-state index in [1.807, 2.05) is 0 Å². The second kappa shape index (κ2) is 4.79. The summed E-state index contributed by atoms with van der Waals surface area (Å²) < 4.78 is 0. The molecule has 3 N–H and O–H groups in total. The summed E-state index contributed by atoms with van der Waals surface area (Å²) in [5.41, 5.74) is 2.82. The molecule has 1 unspecified atom stereocenters. The molecule has 0 aliphatic heterocycles. The van der Waals surface area contributed by atoms with Crippen LogP contribution >= 0.6 is 0 Å². The number of rotatable bonds is 3. The van der Waals surface area contributed by atoms with Crippen LogP contribution in [0.3, 0.4) is 0 Å². The van der Waals surface area contributed by atoms with Gasteiger partial charge in [-0.2, -0.15) is 0 Å². The third-order valence-corrected chi connectivity index (χ3v) is 3.48. The van der Waals surface area contributed by atoms with Crippen LogP contribution in [-0.2, 0) is 0 Å². The van der Waals surface area contributed by atoms with Crippen molar-refractivity contribution >= 4 is 0 Å². The van der Waals surface area contributed by atoms with Crippen LogP contribution in [0.25, 0.3) is 0 Å². The number of hydrogen-bond donors (Lipinski definition) is 2. The Kier molecular flexibility index (Phi) is 3.94. The molecule has 1 atom stereocenters. The third-order valence-electron chi connectivity index (χ3n) is 3.48. The average Bonchev–Trinajstić information content (AvgIpc) is 2.21. The molecule has 0 amide bonds. The quantitative estimate of drug-likeness (QED) is 0.396. The van der Waals surface area contributed by atoms with E-state index in [2.05, 4.69) is 30.3 Å². The summed E-state index contributed by atoms with van der Waals surface area (Å²) in [6, 6.07) is -0.0437. The topological polar surface area (TPSA) is 41.3 Å². The normalized spacial score (nSPS) is 23.1. The first-order chi connectivity index (χ1) is 6.67. The van der Waals surface area contributed by atoms with Gasteiger partial charge in [-0.25, -0.2) is 5.43 Å². The van der Waals surface area contributed by atoms with Gasteiger partial charge in [0.15, 0.2) is 0 Å². The molecule has 1 saturated carbocycles. The SMILES string of the molecule is C#CC(NN)C1(N(C)C)CCCCC1. The predicted molar refractivity (Wildman–Crippen MR) is 59.4 cm³/mol. The molecule has 0 spiro atoms. The molecule has 0 aromatic carbocycles. The first-order valence-corrected chi connectivity index (χ1v) is 5.27. The van der Waals surface area contributed by atoms with Crippen LogP contribution in [0.5, 0.6) is 0 Å². The molecule has 1 rings (SSSR count). The van der Waals surface area contributed by atoms with E-state index in [0.717, 1.165) is 12.8 Å². The number of hydrazine groups is 1. The lowest BCUT2D eigenvalue weighted by Gasteiger charge is -2.46. The van der Waals surface area contributed by atoms with Gasteiger partial charge in [-0.3, -0.25) is 5.84 Å². The highest BCUT2D eigenvalue weighted by molar-refractivity contribution is 5.13. The largest absolute Gasteiger partial charge is 0.301 e. The van der Waals surface area contributed by atoms with Crippen LogP contribution in [0.2, 0.25) is 0 Å². The highest BCUT2D eigenvalue weighted by Crippen LogP contribution is 2.34. The average molecular weight is 195 g/mol. The fourth-order valence-corrected chi connectivity index (χ4v) is 2.52. The van der Waals surface area contributed by atoms with E-state index in [0.29, 0.717) is 0 Å². The van der Waals surface area contributed by atoms with Gasteiger partial charge < -0.3 is 4.90 Å². The maximum Gasteiger partial charge on any atom is 0.0997 e. The molecule has 0 bridgehead atoms. The predicted octanol–water partition coefficient (Wildman–Crippen LogP) is 0.716. The van der Waals surface area contributed by atoms with Gasteiger partial charge in [-0.15, -0.1) is 6.42 Å². The van der Waals surface area contributed by atoms with Crippen molar-refractivity contribution in [3.8, 4) is 12.3 Å². The molecule has 80 valence electrons. The zero-order valence-electron chi connectivity index (χ0n) is 9.21. The van der Waals surface area contributed by atoms with Crippen LogP contribution in [0.1, 0.15) is 32.1 Å². The molecule has 1 fully saturated rings. The van der Waals surface area contributed by atoms with Crippen molar-refractivity contribution < 1.29 is 0 Å². The minimum absolute atomic E-state index is 0.0437. The van der Waals surface area contributed by atoms with Crippen LogP contribution in [-0.4, -0.2) is 30.6 Å². The van der Waals surface area contributed by atoms with Crippen LogP contribution in [0, 0.1) is 12.3 Å². The van der Waals surface area contributed by atoms with E-state index in [4.69, 9.17) is 12.3 Å². The summed E-state index contributed by atoms with van der Waals surface area (Å²) in [5, 5.41) is 0. The van der Waals surface area contributed by atoms with Gasteiger partial charge in [0.05, 0.1) is 6.04 Å². The summed E-state index contributed by atoms with van der Waals surface area (Å²) in [5.74, 6) is 8.28. The van der Waals surface area contributed by atoms with Gasteiger partial charge in [-0.05, 0) is 26.9 Å². The van der Waals surface area contributed by atoms with Crippen molar-refractivity contribution in [1.82, 2.24) is 10.3 Å². The third kappa shape index (κ3) is 1.93. The van der Waals surface area contributed by atoms with Crippen molar-refractivity contribution in [2.75, 3.05) is 14.1 Å². The van der Waals surface area contributed by atoms with Gasteiger partial charge >= 0.3 is 0 Å². The molecule has 3 heteroatoms. The standard InChI is InChI=1S/C11H21N3/c1-4-10(13-12)11(14(2)3)8-6-5-7-9-11/h1,10,13H,5-9,12H2,2-3H3. The van der Waals surface area contributed by atoms with Crippen molar-refractivity contribution in [3.63, 3.8) is 0 Å². The van der Waals surface area contributed by atoms with Gasteiger partial charge in [-0.1, -0.05) is 25.2 Å². The number of nitrogens with zero attached hydrogens (tertiary/aromatic N) is 1. The highest BCUT2D eigenvalue weighted by atomic mass is 15.3. The molecule has 0 aromatic rings. The van der Waals surface area contributed by atoms with Crippen LogP contribution in [0.4, 0.5) is 0 Å². The van der Waals surface area contributed by atoms with Crippen LogP contribution in [0.15, 0.2) is 0 Å². The second-order valence-electron chi connectivity index (χ2n) is 4.33. The lowest BCUT2D eigenvalue weighted by atomic mass is 9.75. The Labute approximate surface area is 87.0 Å². The first kappa shape index (κ1) is 11.5. The molecule has 3 nitrogen and oxygen atoms in total. The Morgan fingerprint density at radius 1 is 1.36 bits per heavy atom.